The molecular formula is C32H42S4. The summed E-state index contributed by atoms with van der Waals surface area (Å²) < 4.78 is 0. The predicted molar refractivity (Wildman–Crippen MR) is 168 cm³/mol. The summed E-state index contributed by atoms with van der Waals surface area (Å²) in [5.74, 6) is 0. The Balaban J connectivity index is 1.28. The third kappa shape index (κ3) is 8.41. The molecule has 0 aliphatic carbocycles. The molecule has 0 amide bonds. The maximum absolute atomic E-state index is 2.36. The standard InChI is InChI=1S/C32H42S4/c1-3-5-7-9-11-13-15-25-17-19-27(33-25)29-21-23-31(35-29)32-24-22-30(36-32)28-20-18-26(34-28)16-14-12-10-8-6-4-2/h17-24H,3-16H2,1-2H3. The molecule has 0 aliphatic rings. The summed E-state index contributed by atoms with van der Waals surface area (Å²) in [6.07, 6.45) is 19.0. The molecule has 4 aromatic heterocycles. The van der Waals surface area contributed by atoms with Crippen molar-refractivity contribution < 1.29 is 0 Å². The molecule has 0 aliphatic heterocycles. The van der Waals surface area contributed by atoms with E-state index in [1.54, 1.807) is 9.75 Å². The lowest BCUT2D eigenvalue weighted by molar-refractivity contribution is 0.609. The van der Waals surface area contributed by atoms with E-state index in [0.717, 1.165) is 0 Å². The third-order valence-electron chi connectivity index (χ3n) is 6.82. The van der Waals surface area contributed by atoms with Gasteiger partial charge in [0.05, 0.1) is 0 Å². The predicted octanol–water partition coefficient (Wildman–Crippen LogP) is 12.7. The fourth-order valence-corrected chi connectivity index (χ4v) is 9.04. The van der Waals surface area contributed by atoms with Crippen molar-refractivity contribution in [2.45, 2.75) is 104 Å². The molecule has 0 aromatic carbocycles. The Morgan fingerprint density at radius 3 is 1.06 bits per heavy atom. The van der Waals surface area contributed by atoms with Crippen LogP contribution >= 0.6 is 45.3 Å². The average Bonchev–Trinajstić information content (AvgIpc) is 3.69. The van der Waals surface area contributed by atoms with Gasteiger partial charge in [0.1, 0.15) is 0 Å². The lowest BCUT2D eigenvalue weighted by Gasteiger charge is -1.99. The molecule has 36 heavy (non-hydrogen) atoms. The minimum atomic E-state index is 1.24. The molecule has 0 saturated heterocycles. The Morgan fingerprint density at radius 1 is 0.361 bits per heavy atom. The minimum absolute atomic E-state index is 1.24. The van der Waals surface area contributed by atoms with Gasteiger partial charge >= 0.3 is 0 Å². The second kappa shape index (κ2) is 15.3. The number of aryl methyl sites for hydroxylation is 2. The zero-order valence-corrected chi connectivity index (χ0v) is 25.4. The Hall–Kier alpha value is -1.20. The first-order chi connectivity index (χ1) is 17.8. The highest BCUT2D eigenvalue weighted by Gasteiger charge is 2.12. The van der Waals surface area contributed by atoms with Crippen LogP contribution in [-0.2, 0) is 12.8 Å². The molecule has 4 rings (SSSR count). The fourth-order valence-electron chi connectivity index (χ4n) is 4.65. The van der Waals surface area contributed by atoms with Crippen LogP contribution in [0.4, 0.5) is 0 Å². The quantitative estimate of drug-likeness (QED) is 0.114. The summed E-state index contributed by atoms with van der Waals surface area (Å²) in [7, 11) is 0. The summed E-state index contributed by atoms with van der Waals surface area (Å²) >= 11 is 7.88. The van der Waals surface area contributed by atoms with E-state index >= 15 is 0 Å². The SMILES string of the molecule is CCCCCCCCc1ccc(-c2ccc(-c3ccc(-c4ccc(CCCCCCCC)s4)s3)s2)s1. The van der Waals surface area contributed by atoms with Gasteiger partial charge in [-0.2, -0.15) is 0 Å². The molecular weight excluding hydrogens is 513 g/mol. The van der Waals surface area contributed by atoms with Crippen molar-refractivity contribution in [3.05, 3.63) is 58.3 Å². The van der Waals surface area contributed by atoms with Crippen LogP contribution in [0.5, 0.6) is 0 Å². The number of unbranched alkanes of at least 4 members (excludes halogenated alkanes) is 10. The summed E-state index contributed by atoms with van der Waals surface area (Å²) in [5, 5.41) is 0. The Morgan fingerprint density at radius 2 is 0.667 bits per heavy atom. The Kier molecular flexibility index (Phi) is 11.8. The highest BCUT2D eigenvalue weighted by molar-refractivity contribution is 7.28. The zero-order valence-electron chi connectivity index (χ0n) is 22.2. The first-order valence-electron chi connectivity index (χ1n) is 14.1. The minimum Gasteiger partial charge on any atom is -0.139 e. The smallest absolute Gasteiger partial charge is 0.0449 e. The first kappa shape index (κ1) is 27.8. The molecule has 0 nitrogen and oxygen atoms in total. The van der Waals surface area contributed by atoms with Crippen LogP contribution in [0.1, 0.15) is 101 Å². The van der Waals surface area contributed by atoms with Gasteiger partial charge in [-0.15, -0.1) is 45.3 Å². The van der Waals surface area contributed by atoms with Crippen molar-refractivity contribution in [1.82, 2.24) is 0 Å². The van der Waals surface area contributed by atoms with E-state index in [0.29, 0.717) is 0 Å². The number of thiophene rings is 4. The van der Waals surface area contributed by atoms with Crippen LogP contribution in [0.15, 0.2) is 48.5 Å². The monoisotopic (exact) mass is 554 g/mol. The molecule has 0 saturated carbocycles. The highest BCUT2D eigenvalue weighted by Crippen LogP contribution is 2.43. The first-order valence-corrected chi connectivity index (χ1v) is 17.4. The lowest BCUT2D eigenvalue weighted by Crippen LogP contribution is -1.82. The molecule has 0 fully saturated rings. The molecule has 0 N–H and O–H groups in total. The third-order valence-corrected chi connectivity index (χ3v) is 11.9. The van der Waals surface area contributed by atoms with E-state index < -0.39 is 0 Å². The zero-order chi connectivity index (χ0) is 25.0. The van der Waals surface area contributed by atoms with E-state index in [2.05, 4.69) is 62.4 Å². The van der Waals surface area contributed by atoms with E-state index in [-0.39, 0.29) is 0 Å². The van der Waals surface area contributed by atoms with Gasteiger partial charge in [0.2, 0.25) is 0 Å². The van der Waals surface area contributed by atoms with Crippen LogP contribution in [0, 0.1) is 0 Å². The van der Waals surface area contributed by atoms with Crippen molar-refractivity contribution in [3.8, 4) is 29.3 Å². The molecule has 0 unspecified atom stereocenters. The van der Waals surface area contributed by atoms with Crippen molar-refractivity contribution in [3.63, 3.8) is 0 Å². The second-order valence-electron chi connectivity index (χ2n) is 9.90. The van der Waals surface area contributed by atoms with E-state index in [4.69, 9.17) is 0 Å². The average molecular weight is 555 g/mol. The summed E-state index contributed by atoms with van der Waals surface area (Å²) in [6, 6.07) is 18.7. The maximum Gasteiger partial charge on any atom is 0.0449 e. The van der Waals surface area contributed by atoms with Crippen molar-refractivity contribution in [2.75, 3.05) is 0 Å². The topological polar surface area (TPSA) is 0 Å². The van der Waals surface area contributed by atoms with Crippen molar-refractivity contribution in [2.24, 2.45) is 0 Å². The molecule has 0 spiro atoms. The molecule has 0 atom stereocenters. The van der Waals surface area contributed by atoms with Gasteiger partial charge in [-0.1, -0.05) is 78.1 Å². The van der Waals surface area contributed by atoms with Gasteiger partial charge in [0.25, 0.3) is 0 Å². The van der Waals surface area contributed by atoms with Crippen LogP contribution < -0.4 is 0 Å². The van der Waals surface area contributed by atoms with Crippen molar-refractivity contribution in [1.29, 1.82) is 0 Å². The van der Waals surface area contributed by atoms with Crippen LogP contribution in [0.25, 0.3) is 29.3 Å². The highest BCUT2D eigenvalue weighted by atomic mass is 32.1. The van der Waals surface area contributed by atoms with E-state index in [9.17, 15) is 0 Å². The van der Waals surface area contributed by atoms with Gasteiger partial charge in [0.15, 0.2) is 0 Å². The normalized spacial score (nSPS) is 11.5. The van der Waals surface area contributed by atoms with Gasteiger partial charge < -0.3 is 0 Å². The Labute approximate surface area is 235 Å². The number of hydrogen-bond donors (Lipinski definition) is 0. The van der Waals surface area contributed by atoms with Gasteiger partial charge in [0, 0.05) is 39.0 Å². The summed E-state index contributed by atoms with van der Waals surface area (Å²) in [4.78, 5) is 11.6. The maximum atomic E-state index is 2.36. The van der Waals surface area contributed by atoms with Crippen LogP contribution in [0.2, 0.25) is 0 Å². The molecule has 4 heterocycles. The van der Waals surface area contributed by atoms with Gasteiger partial charge in [-0.3, -0.25) is 0 Å². The molecule has 0 radical (unpaired) electrons. The summed E-state index contributed by atoms with van der Waals surface area (Å²) in [5.41, 5.74) is 0. The van der Waals surface area contributed by atoms with Gasteiger partial charge in [-0.05, 0) is 74.2 Å². The summed E-state index contributed by atoms with van der Waals surface area (Å²) in [6.45, 7) is 4.58. The molecule has 4 heteroatoms. The van der Waals surface area contributed by atoms with Crippen molar-refractivity contribution >= 4 is 45.3 Å². The van der Waals surface area contributed by atoms with E-state index in [1.165, 1.54) is 119 Å². The lowest BCUT2D eigenvalue weighted by atomic mass is 10.1. The molecule has 0 bridgehead atoms. The molecule has 4 aromatic rings. The number of rotatable bonds is 17. The molecule has 194 valence electrons. The van der Waals surface area contributed by atoms with Crippen LogP contribution in [-0.4, -0.2) is 0 Å². The second-order valence-corrected chi connectivity index (χ2v) is 14.4. The van der Waals surface area contributed by atoms with E-state index in [1.807, 2.05) is 45.3 Å². The number of hydrogen-bond acceptors (Lipinski definition) is 4. The largest absolute Gasteiger partial charge is 0.139 e. The fraction of sp³-hybridized carbons (Fsp3) is 0.500. The van der Waals surface area contributed by atoms with Gasteiger partial charge in [-0.25, -0.2) is 0 Å². The Bertz CT molecular complexity index is 1050. The van der Waals surface area contributed by atoms with Crippen LogP contribution in [0.3, 0.4) is 0 Å².